The van der Waals surface area contributed by atoms with E-state index >= 15 is 0 Å². The van der Waals surface area contributed by atoms with Crippen LogP contribution in [0.3, 0.4) is 0 Å². The largest absolute Gasteiger partial charge is 0.326 e. The molecule has 1 unspecified atom stereocenters. The number of benzene rings is 1. The summed E-state index contributed by atoms with van der Waals surface area (Å²) in [6.07, 6.45) is 3.01. The normalized spacial score (nSPS) is 13.6. The fraction of sp³-hybridized carbons (Fsp3) is 0.625. The zero-order chi connectivity index (χ0) is 16.0. The van der Waals surface area contributed by atoms with Gasteiger partial charge in [0, 0.05) is 12.6 Å². The van der Waals surface area contributed by atoms with Crippen LogP contribution < -0.4 is 10.5 Å². The number of rotatable bonds is 8. The standard InChI is InChI=1S/C16H28N2O2S/c1-12(2)6-5-7-14(4)18-21(19,20)16-9-8-15(11-17)13(3)10-16/h8-10,12,14,18H,5-7,11,17H2,1-4H3. The Balaban J connectivity index is 2.70. The molecule has 0 aliphatic rings. The van der Waals surface area contributed by atoms with Crippen LogP contribution in [0, 0.1) is 12.8 Å². The zero-order valence-corrected chi connectivity index (χ0v) is 14.3. The Morgan fingerprint density at radius 2 is 1.86 bits per heavy atom. The first-order chi connectivity index (χ1) is 9.76. The Morgan fingerprint density at radius 3 is 2.38 bits per heavy atom. The van der Waals surface area contributed by atoms with Gasteiger partial charge in [-0.2, -0.15) is 0 Å². The first-order valence-electron chi connectivity index (χ1n) is 7.58. The highest BCUT2D eigenvalue weighted by molar-refractivity contribution is 7.89. The van der Waals surface area contributed by atoms with Crippen molar-refractivity contribution < 1.29 is 8.42 Å². The van der Waals surface area contributed by atoms with E-state index in [-0.39, 0.29) is 6.04 Å². The molecule has 0 bridgehead atoms. The Labute approximate surface area is 129 Å². The lowest BCUT2D eigenvalue weighted by molar-refractivity contribution is 0.488. The number of nitrogens with one attached hydrogen (secondary N) is 1. The molecule has 0 saturated heterocycles. The van der Waals surface area contributed by atoms with Crippen molar-refractivity contribution in [2.75, 3.05) is 0 Å². The SMILES string of the molecule is Cc1cc(S(=O)(=O)NC(C)CCCC(C)C)ccc1CN. The second kappa shape index (κ2) is 7.92. The second-order valence-electron chi connectivity index (χ2n) is 6.14. The number of sulfonamides is 1. The van der Waals surface area contributed by atoms with Crippen LogP contribution in [-0.4, -0.2) is 14.5 Å². The van der Waals surface area contributed by atoms with Crippen molar-refractivity contribution in [3.8, 4) is 0 Å². The van der Waals surface area contributed by atoms with E-state index in [0.717, 1.165) is 30.4 Å². The van der Waals surface area contributed by atoms with Crippen molar-refractivity contribution in [3.63, 3.8) is 0 Å². The third-order valence-electron chi connectivity index (χ3n) is 3.62. The summed E-state index contributed by atoms with van der Waals surface area (Å²) < 4.78 is 27.5. The van der Waals surface area contributed by atoms with Gasteiger partial charge in [-0.3, -0.25) is 0 Å². The molecule has 0 aliphatic heterocycles. The molecule has 0 saturated carbocycles. The van der Waals surface area contributed by atoms with Crippen molar-refractivity contribution in [3.05, 3.63) is 29.3 Å². The first-order valence-corrected chi connectivity index (χ1v) is 9.06. The summed E-state index contributed by atoms with van der Waals surface area (Å²) in [6.45, 7) is 8.57. The van der Waals surface area contributed by atoms with Gasteiger partial charge in [0.15, 0.2) is 0 Å². The van der Waals surface area contributed by atoms with E-state index in [1.54, 1.807) is 18.2 Å². The van der Waals surface area contributed by atoms with Gasteiger partial charge in [-0.1, -0.05) is 32.8 Å². The van der Waals surface area contributed by atoms with Gasteiger partial charge in [-0.15, -0.1) is 0 Å². The van der Waals surface area contributed by atoms with Crippen molar-refractivity contribution in [2.24, 2.45) is 11.7 Å². The number of hydrogen-bond acceptors (Lipinski definition) is 3. The Bertz CT molecular complexity index is 553. The molecule has 0 fully saturated rings. The van der Waals surface area contributed by atoms with Crippen LogP contribution >= 0.6 is 0 Å². The number of aryl methyl sites for hydroxylation is 1. The summed E-state index contributed by atoms with van der Waals surface area (Å²) in [6, 6.07) is 5.04. The van der Waals surface area contributed by atoms with Crippen molar-refractivity contribution in [2.45, 2.75) is 64.4 Å². The highest BCUT2D eigenvalue weighted by Gasteiger charge is 2.17. The van der Waals surface area contributed by atoms with Gasteiger partial charge in [0.05, 0.1) is 4.90 Å². The summed E-state index contributed by atoms with van der Waals surface area (Å²) in [5.41, 5.74) is 7.49. The van der Waals surface area contributed by atoms with Gasteiger partial charge in [0.1, 0.15) is 0 Å². The maximum atomic E-state index is 12.3. The topological polar surface area (TPSA) is 72.2 Å². The van der Waals surface area contributed by atoms with Gasteiger partial charge in [-0.05, 0) is 49.4 Å². The van der Waals surface area contributed by atoms with E-state index in [2.05, 4.69) is 18.6 Å². The van der Waals surface area contributed by atoms with Gasteiger partial charge in [0.2, 0.25) is 10.0 Å². The van der Waals surface area contributed by atoms with E-state index in [9.17, 15) is 8.42 Å². The minimum Gasteiger partial charge on any atom is -0.326 e. The zero-order valence-electron chi connectivity index (χ0n) is 13.5. The lowest BCUT2D eigenvalue weighted by Gasteiger charge is -2.15. The maximum Gasteiger partial charge on any atom is 0.240 e. The summed E-state index contributed by atoms with van der Waals surface area (Å²) in [7, 11) is -3.45. The number of hydrogen-bond donors (Lipinski definition) is 2. The van der Waals surface area contributed by atoms with Gasteiger partial charge in [-0.25, -0.2) is 13.1 Å². The van der Waals surface area contributed by atoms with Crippen LogP contribution in [0.1, 0.15) is 51.2 Å². The molecule has 4 nitrogen and oxygen atoms in total. The molecule has 0 spiro atoms. The Kier molecular flexibility index (Phi) is 6.84. The fourth-order valence-electron chi connectivity index (χ4n) is 2.29. The van der Waals surface area contributed by atoms with Crippen molar-refractivity contribution in [1.29, 1.82) is 0 Å². The molecule has 0 radical (unpaired) electrons. The molecule has 0 aliphatic carbocycles. The number of nitrogens with two attached hydrogens (primary N) is 1. The Hall–Kier alpha value is -0.910. The van der Waals surface area contributed by atoms with E-state index in [1.165, 1.54) is 0 Å². The average Bonchev–Trinajstić information content (AvgIpc) is 2.37. The van der Waals surface area contributed by atoms with E-state index in [1.807, 2.05) is 13.8 Å². The quantitative estimate of drug-likeness (QED) is 0.775. The lowest BCUT2D eigenvalue weighted by Crippen LogP contribution is -2.32. The van der Waals surface area contributed by atoms with E-state index in [4.69, 9.17) is 5.73 Å². The van der Waals surface area contributed by atoms with E-state index < -0.39 is 10.0 Å². The van der Waals surface area contributed by atoms with Crippen LogP contribution in [0.4, 0.5) is 0 Å². The first kappa shape index (κ1) is 18.1. The molecule has 3 N–H and O–H groups in total. The predicted molar refractivity (Wildman–Crippen MR) is 87.5 cm³/mol. The molecule has 21 heavy (non-hydrogen) atoms. The molecule has 0 amide bonds. The van der Waals surface area contributed by atoms with Crippen LogP contribution in [0.2, 0.25) is 0 Å². The second-order valence-corrected chi connectivity index (χ2v) is 7.85. The third-order valence-corrected chi connectivity index (χ3v) is 5.21. The molecular formula is C16H28N2O2S. The van der Waals surface area contributed by atoms with Crippen molar-refractivity contribution >= 4 is 10.0 Å². The van der Waals surface area contributed by atoms with E-state index in [0.29, 0.717) is 17.4 Å². The lowest BCUT2D eigenvalue weighted by atomic mass is 10.0. The molecule has 5 heteroatoms. The smallest absolute Gasteiger partial charge is 0.240 e. The molecular weight excluding hydrogens is 284 g/mol. The highest BCUT2D eigenvalue weighted by atomic mass is 32.2. The molecule has 0 aromatic heterocycles. The predicted octanol–water partition coefficient (Wildman–Crippen LogP) is 2.95. The van der Waals surface area contributed by atoms with Crippen LogP contribution in [0.5, 0.6) is 0 Å². The maximum absolute atomic E-state index is 12.3. The molecule has 1 aromatic rings. The summed E-state index contributed by atoms with van der Waals surface area (Å²) in [5, 5.41) is 0. The average molecular weight is 312 g/mol. The van der Waals surface area contributed by atoms with Gasteiger partial charge >= 0.3 is 0 Å². The van der Waals surface area contributed by atoms with Crippen LogP contribution in [-0.2, 0) is 16.6 Å². The van der Waals surface area contributed by atoms with Gasteiger partial charge < -0.3 is 5.73 Å². The summed E-state index contributed by atoms with van der Waals surface area (Å²) in [5.74, 6) is 0.653. The molecule has 1 atom stereocenters. The minimum absolute atomic E-state index is 0.0526. The third kappa shape index (κ3) is 5.77. The van der Waals surface area contributed by atoms with Crippen LogP contribution in [0.15, 0.2) is 23.1 Å². The molecule has 1 rings (SSSR count). The summed E-state index contributed by atoms with van der Waals surface area (Å²) in [4.78, 5) is 0.313. The molecule has 120 valence electrons. The molecule has 0 heterocycles. The highest BCUT2D eigenvalue weighted by Crippen LogP contribution is 2.16. The fourth-order valence-corrected chi connectivity index (χ4v) is 3.65. The van der Waals surface area contributed by atoms with Crippen LogP contribution in [0.25, 0.3) is 0 Å². The Morgan fingerprint density at radius 1 is 1.19 bits per heavy atom. The minimum atomic E-state index is -3.45. The van der Waals surface area contributed by atoms with Gasteiger partial charge in [0.25, 0.3) is 0 Å². The monoisotopic (exact) mass is 312 g/mol. The summed E-state index contributed by atoms with van der Waals surface area (Å²) >= 11 is 0. The molecule has 1 aromatic carbocycles. The van der Waals surface area contributed by atoms with Crippen molar-refractivity contribution in [1.82, 2.24) is 4.72 Å².